The second-order valence-corrected chi connectivity index (χ2v) is 5.73. The standard InChI is InChI=1S/C16H20N4/c1-12(13-8-6-5-7-9-13)17-19-15-11-10-14(18-20-15)16(2,3)4/h5-11H,1-4H3,(H,19,20). The number of aromatic nitrogens is 2. The highest BCUT2D eigenvalue weighted by atomic mass is 15.3. The minimum absolute atomic E-state index is 0.00868. The molecular weight excluding hydrogens is 248 g/mol. The lowest BCUT2D eigenvalue weighted by Gasteiger charge is -2.16. The molecule has 0 saturated carbocycles. The van der Waals surface area contributed by atoms with Gasteiger partial charge in [-0.1, -0.05) is 51.1 Å². The Morgan fingerprint density at radius 1 is 1.00 bits per heavy atom. The third-order valence-corrected chi connectivity index (χ3v) is 2.96. The van der Waals surface area contributed by atoms with Crippen molar-refractivity contribution in [2.45, 2.75) is 33.1 Å². The molecule has 0 amide bonds. The van der Waals surface area contributed by atoms with Crippen molar-refractivity contribution >= 4 is 11.5 Å². The van der Waals surface area contributed by atoms with E-state index in [1.54, 1.807) is 0 Å². The maximum absolute atomic E-state index is 4.32. The maximum Gasteiger partial charge on any atom is 0.168 e. The molecule has 2 aromatic rings. The highest BCUT2D eigenvalue weighted by Crippen LogP contribution is 2.19. The van der Waals surface area contributed by atoms with E-state index < -0.39 is 0 Å². The molecule has 0 bridgehead atoms. The summed E-state index contributed by atoms with van der Waals surface area (Å²) in [6.45, 7) is 8.30. The van der Waals surface area contributed by atoms with E-state index in [1.165, 1.54) is 0 Å². The van der Waals surface area contributed by atoms with E-state index in [4.69, 9.17) is 0 Å². The van der Waals surface area contributed by atoms with Crippen LogP contribution in [0.3, 0.4) is 0 Å². The Morgan fingerprint density at radius 2 is 1.70 bits per heavy atom. The minimum atomic E-state index is 0.00868. The molecule has 0 atom stereocenters. The number of hydrogen-bond acceptors (Lipinski definition) is 4. The van der Waals surface area contributed by atoms with Crippen molar-refractivity contribution in [3.8, 4) is 0 Å². The molecule has 0 aliphatic heterocycles. The number of nitrogens with one attached hydrogen (secondary N) is 1. The number of nitrogens with zero attached hydrogens (tertiary/aromatic N) is 3. The number of anilines is 1. The van der Waals surface area contributed by atoms with Gasteiger partial charge in [-0.15, -0.1) is 5.10 Å². The number of hydrogen-bond donors (Lipinski definition) is 1. The van der Waals surface area contributed by atoms with E-state index in [-0.39, 0.29) is 5.41 Å². The molecule has 2 rings (SSSR count). The molecule has 104 valence electrons. The van der Waals surface area contributed by atoms with Crippen LogP contribution in [0, 0.1) is 0 Å². The van der Waals surface area contributed by atoms with Crippen LogP contribution in [0.25, 0.3) is 0 Å². The monoisotopic (exact) mass is 268 g/mol. The van der Waals surface area contributed by atoms with Gasteiger partial charge in [0, 0.05) is 5.41 Å². The molecule has 20 heavy (non-hydrogen) atoms. The lowest BCUT2D eigenvalue weighted by atomic mass is 9.92. The molecule has 1 aromatic carbocycles. The summed E-state index contributed by atoms with van der Waals surface area (Å²) in [5, 5.41) is 12.7. The summed E-state index contributed by atoms with van der Waals surface area (Å²) in [5.41, 5.74) is 5.90. The largest absolute Gasteiger partial charge is 0.260 e. The minimum Gasteiger partial charge on any atom is -0.260 e. The van der Waals surface area contributed by atoms with Gasteiger partial charge in [0.25, 0.3) is 0 Å². The van der Waals surface area contributed by atoms with Gasteiger partial charge in [-0.05, 0) is 24.6 Å². The van der Waals surface area contributed by atoms with Crippen LogP contribution in [-0.2, 0) is 5.41 Å². The van der Waals surface area contributed by atoms with E-state index in [0.29, 0.717) is 5.82 Å². The van der Waals surface area contributed by atoms with Gasteiger partial charge in [0.2, 0.25) is 0 Å². The molecule has 4 heteroatoms. The van der Waals surface area contributed by atoms with Crippen LogP contribution >= 0.6 is 0 Å². The fourth-order valence-corrected chi connectivity index (χ4v) is 1.68. The van der Waals surface area contributed by atoms with Crippen molar-refractivity contribution < 1.29 is 0 Å². The summed E-state index contributed by atoms with van der Waals surface area (Å²) in [6.07, 6.45) is 0. The Morgan fingerprint density at radius 3 is 2.25 bits per heavy atom. The first-order chi connectivity index (χ1) is 9.47. The summed E-state index contributed by atoms with van der Waals surface area (Å²) < 4.78 is 0. The van der Waals surface area contributed by atoms with Crippen LogP contribution in [0.2, 0.25) is 0 Å². The second kappa shape index (κ2) is 5.82. The van der Waals surface area contributed by atoms with Crippen LogP contribution in [0.4, 0.5) is 5.82 Å². The summed E-state index contributed by atoms with van der Waals surface area (Å²) in [4.78, 5) is 0. The molecular formula is C16H20N4. The molecule has 0 aliphatic rings. The Hall–Kier alpha value is -2.23. The van der Waals surface area contributed by atoms with Crippen LogP contribution in [0.1, 0.15) is 39.0 Å². The zero-order chi connectivity index (χ0) is 14.6. The molecule has 0 unspecified atom stereocenters. The van der Waals surface area contributed by atoms with E-state index in [0.717, 1.165) is 17.0 Å². The van der Waals surface area contributed by atoms with E-state index >= 15 is 0 Å². The van der Waals surface area contributed by atoms with Crippen LogP contribution in [-0.4, -0.2) is 15.9 Å². The summed E-state index contributed by atoms with van der Waals surface area (Å²) in [5.74, 6) is 0.647. The second-order valence-electron chi connectivity index (χ2n) is 5.73. The third-order valence-electron chi connectivity index (χ3n) is 2.96. The Bertz CT molecular complexity index is 580. The molecule has 0 aliphatic carbocycles. The molecule has 0 saturated heterocycles. The van der Waals surface area contributed by atoms with Crippen molar-refractivity contribution in [3.05, 3.63) is 53.7 Å². The first-order valence-corrected chi connectivity index (χ1v) is 6.67. The van der Waals surface area contributed by atoms with Gasteiger partial charge in [-0.3, -0.25) is 5.43 Å². The number of benzene rings is 1. The zero-order valence-corrected chi connectivity index (χ0v) is 12.4. The fourth-order valence-electron chi connectivity index (χ4n) is 1.68. The van der Waals surface area contributed by atoms with Gasteiger partial charge in [0.05, 0.1) is 11.4 Å². The van der Waals surface area contributed by atoms with Crippen molar-refractivity contribution in [1.29, 1.82) is 0 Å². The van der Waals surface area contributed by atoms with Gasteiger partial charge in [-0.2, -0.15) is 10.2 Å². The molecule has 0 radical (unpaired) electrons. The van der Waals surface area contributed by atoms with Crippen LogP contribution in [0.5, 0.6) is 0 Å². The lowest BCUT2D eigenvalue weighted by molar-refractivity contribution is 0.559. The zero-order valence-electron chi connectivity index (χ0n) is 12.4. The predicted octanol–water partition coefficient (Wildman–Crippen LogP) is 3.61. The molecule has 0 fully saturated rings. The van der Waals surface area contributed by atoms with E-state index in [1.807, 2.05) is 49.4 Å². The van der Waals surface area contributed by atoms with Gasteiger partial charge in [0.15, 0.2) is 5.82 Å². The van der Waals surface area contributed by atoms with E-state index in [9.17, 15) is 0 Å². The Balaban J connectivity index is 2.08. The number of rotatable bonds is 3. The van der Waals surface area contributed by atoms with Crippen molar-refractivity contribution in [3.63, 3.8) is 0 Å². The van der Waals surface area contributed by atoms with Crippen LogP contribution < -0.4 is 5.43 Å². The Kier molecular flexibility index (Phi) is 4.13. The summed E-state index contributed by atoms with van der Waals surface area (Å²) in [6, 6.07) is 13.9. The topological polar surface area (TPSA) is 50.2 Å². The SMILES string of the molecule is CC(=NNc1ccc(C(C)(C)C)nn1)c1ccccc1. The lowest BCUT2D eigenvalue weighted by Crippen LogP contribution is -2.14. The average Bonchev–Trinajstić information content (AvgIpc) is 2.45. The average molecular weight is 268 g/mol. The summed E-state index contributed by atoms with van der Waals surface area (Å²) in [7, 11) is 0. The molecule has 0 spiro atoms. The molecule has 4 nitrogen and oxygen atoms in total. The first kappa shape index (κ1) is 14.2. The fraction of sp³-hybridized carbons (Fsp3) is 0.312. The van der Waals surface area contributed by atoms with Crippen molar-refractivity contribution in [1.82, 2.24) is 10.2 Å². The summed E-state index contributed by atoms with van der Waals surface area (Å²) >= 11 is 0. The maximum atomic E-state index is 4.32. The normalized spacial score (nSPS) is 12.3. The van der Waals surface area contributed by atoms with Gasteiger partial charge >= 0.3 is 0 Å². The van der Waals surface area contributed by atoms with Gasteiger partial charge in [0.1, 0.15) is 0 Å². The third kappa shape index (κ3) is 3.63. The van der Waals surface area contributed by atoms with Gasteiger partial charge in [-0.25, -0.2) is 0 Å². The van der Waals surface area contributed by atoms with Gasteiger partial charge < -0.3 is 0 Å². The van der Waals surface area contributed by atoms with E-state index in [2.05, 4.69) is 41.5 Å². The first-order valence-electron chi connectivity index (χ1n) is 6.67. The highest BCUT2D eigenvalue weighted by molar-refractivity contribution is 5.98. The predicted molar refractivity (Wildman–Crippen MR) is 83.0 cm³/mol. The molecule has 1 heterocycles. The van der Waals surface area contributed by atoms with Crippen molar-refractivity contribution in [2.24, 2.45) is 5.10 Å². The quantitative estimate of drug-likeness (QED) is 0.683. The number of hydrazone groups is 1. The highest BCUT2D eigenvalue weighted by Gasteiger charge is 2.15. The smallest absolute Gasteiger partial charge is 0.168 e. The van der Waals surface area contributed by atoms with Crippen LogP contribution in [0.15, 0.2) is 47.6 Å². The Labute approximate surface area is 120 Å². The molecule has 1 aromatic heterocycles. The van der Waals surface area contributed by atoms with Crippen molar-refractivity contribution in [2.75, 3.05) is 5.43 Å². The molecule has 1 N–H and O–H groups in total.